The average molecular weight is 355 g/mol. The van der Waals surface area contributed by atoms with Gasteiger partial charge in [-0.25, -0.2) is 4.79 Å². The van der Waals surface area contributed by atoms with Gasteiger partial charge in [0.1, 0.15) is 6.54 Å². The highest BCUT2D eigenvalue weighted by Gasteiger charge is 2.25. The van der Waals surface area contributed by atoms with Gasteiger partial charge in [-0.3, -0.25) is 9.59 Å². The Kier molecular flexibility index (Phi) is 6.49. The fourth-order valence-electron chi connectivity index (χ4n) is 2.52. The van der Waals surface area contributed by atoms with E-state index in [1.165, 1.54) is 7.11 Å². The molecule has 0 bridgehead atoms. The minimum Gasteiger partial charge on any atom is -0.466 e. The first-order valence-corrected chi connectivity index (χ1v) is 8.09. The van der Waals surface area contributed by atoms with Gasteiger partial charge in [0.15, 0.2) is 0 Å². The number of carbonyl (C=O) groups excluding carboxylic acids is 3. The Morgan fingerprint density at radius 3 is 2.19 bits per heavy atom. The number of esters is 2. The van der Waals surface area contributed by atoms with Crippen molar-refractivity contribution in [2.24, 2.45) is 0 Å². The third-order valence-electron chi connectivity index (χ3n) is 3.64. The molecule has 6 nitrogen and oxygen atoms in total. The fourth-order valence-corrected chi connectivity index (χ4v) is 2.52. The van der Waals surface area contributed by atoms with Gasteiger partial charge in [0.25, 0.3) is 5.91 Å². The molecule has 0 fully saturated rings. The number of hydrogen-bond donors (Lipinski definition) is 1. The Balaban J connectivity index is 2.00. The normalized spacial score (nSPS) is 11.3. The average Bonchev–Trinajstić information content (AvgIpc) is 2.63. The van der Waals surface area contributed by atoms with Crippen molar-refractivity contribution in [3.63, 3.8) is 0 Å². The van der Waals surface area contributed by atoms with Crippen molar-refractivity contribution in [3.05, 3.63) is 70.8 Å². The topological polar surface area (TPSA) is 81.7 Å². The molecule has 1 atom stereocenters. The number of benzene rings is 2. The SMILES string of the molecule is COC(=O)C(OC(=O)CNC(=O)c1cc(C)cc(C)c1)c1ccccc1. The van der Waals surface area contributed by atoms with Gasteiger partial charge >= 0.3 is 11.9 Å². The Hall–Kier alpha value is -3.15. The van der Waals surface area contributed by atoms with Gasteiger partial charge in [-0.2, -0.15) is 0 Å². The molecule has 2 aromatic rings. The van der Waals surface area contributed by atoms with Crippen molar-refractivity contribution in [2.45, 2.75) is 20.0 Å². The predicted octanol–water partition coefficient (Wildman–Crippen LogP) is 2.49. The van der Waals surface area contributed by atoms with Crippen LogP contribution in [-0.4, -0.2) is 31.5 Å². The summed E-state index contributed by atoms with van der Waals surface area (Å²) in [4.78, 5) is 36.2. The number of amides is 1. The Morgan fingerprint density at radius 1 is 1.00 bits per heavy atom. The van der Waals surface area contributed by atoms with E-state index in [-0.39, 0.29) is 12.5 Å². The smallest absolute Gasteiger partial charge is 0.351 e. The van der Waals surface area contributed by atoms with Crippen molar-refractivity contribution in [2.75, 3.05) is 13.7 Å². The van der Waals surface area contributed by atoms with Crippen LogP contribution in [0.25, 0.3) is 0 Å². The Morgan fingerprint density at radius 2 is 1.62 bits per heavy atom. The first-order chi connectivity index (χ1) is 12.4. The van der Waals surface area contributed by atoms with E-state index >= 15 is 0 Å². The van der Waals surface area contributed by atoms with Gasteiger partial charge in [0.05, 0.1) is 7.11 Å². The van der Waals surface area contributed by atoms with Crippen LogP contribution in [0.15, 0.2) is 48.5 Å². The van der Waals surface area contributed by atoms with Crippen LogP contribution in [0, 0.1) is 13.8 Å². The maximum atomic E-state index is 12.2. The fraction of sp³-hybridized carbons (Fsp3) is 0.250. The van der Waals surface area contributed by atoms with Crippen LogP contribution in [0.3, 0.4) is 0 Å². The lowest BCUT2D eigenvalue weighted by Crippen LogP contribution is -2.32. The van der Waals surface area contributed by atoms with Gasteiger partial charge < -0.3 is 14.8 Å². The maximum Gasteiger partial charge on any atom is 0.351 e. The summed E-state index contributed by atoms with van der Waals surface area (Å²) in [5, 5.41) is 2.50. The monoisotopic (exact) mass is 355 g/mol. The van der Waals surface area contributed by atoms with E-state index < -0.39 is 18.0 Å². The summed E-state index contributed by atoms with van der Waals surface area (Å²) >= 11 is 0. The Labute approximate surface area is 152 Å². The van der Waals surface area contributed by atoms with E-state index in [0.717, 1.165) is 11.1 Å². The zero-order chi connectivity index (χ0) is 19.1. The zero-order valence-corrected chi connectivity index (χ0v) is 14.9. The molecule has 0 heterocycles. The first kappa shape index (κ1) is 19.2. The van der Waals surface area contributed by atoms with E-state index in [9.17, 15) is 14.4 Å². The molecule has 6 heteroatoms. The van der Waals surface area contributed by atoms with Crippen molar-refractivity contribution in [1.29, 1.82) is 0 Å². The van der Waals surface area contributed by atoms with Crippen molar-refractivity contribution < 1.29 is 23.9 Å². The van der Waals surface area contributed by atoms with E-state index in [0.29, 0.717) is 11.1 Å². The lowest BCUT2D eigenvalue weighted by Gasteiger charge is -2.16. The number of nitrogens with one attached hydrogen (secondary N) is 1. The van der Waals surface area contributed by atoms with Crippen LogP contribution in [0.2, 0.25) is 0 Å². The third kappa shape index (κ3) is 5.17. The second-order valence-corrected chi connectivity index (χ2v) is 5.86. The Bertz CT molecular complexity index is 781. The van der Waals surface area contributed by atoms with Crippen LogP contribution >= 0.6 is 0 Å². The summed E-state index contributed by atoms with van der Waals surface area (Å²) in [6.07, 6.45) is -1.17. The number of ether oxygens (including phenoxy) is 2. The van der Waals surface area contributed by atoms with Crippen LogP contribution in [0.1, 0.15) is 33.2 Å². The molecule has 0 aliphatic rings. The van der Waals surface area contributed by atoms with Gasteiger partial charge in [0, 0.05) is 11.1 Å². The molecule has 0 aromatic heterocycles. The minimum atomic E-state index is -1.17. The highest BCUT2D eigenvalue weighted by molar-refractivity contribution is 5.96. The molecular weight excluding hydrogens is 334 g/mol. The van der Waals surface area contributed by atoms with E-state index in [1.54, 1.807) is 42.5 Å². The zero-order valence-electron chi connectivity index (χ0n) is 14.9. The van der Waals surface area contributed by atoms with E-state index in [4.69, 9.17) is 4.74 Å². The largest absolute Gasteiger partial charge is 0.466 e. The lowest BCUT2D eigenvalue weighted by atomic mass is 10.1. The highest BCUT2D eigenvalue weighted by Crippen LogP contribution is 2.18. The number of hydrogen-bond acceptors (Lipinski definition) is 5. The second-order valence-electron chi connectivity index (χ2n) is 5.86. The second kappa shape index (κ2) is 8.80. The van der Waals surface area contributed by atoms with Crippen molar-refractivity contribution in [1.82, 2.24) is 5.32 Å². The van der Waals surface area contributed by atoms with E-state index in [2.05, 4.69) is 10.1 Å². The van der Waals surface area contributed by atoms with Gasteiger partial charge in [-0.05, 0) is 26.0 Å². The summed E-state index contributed by atoms with van der Waals surface area (Å²) in [6.45, 7) is 3.42. The molecule has 0 saturated carbocycles. The van der Waals surface area contributed by atoms with Gasteiger partial charge in [-0.15, -0.1) is 0 Å². The minimum absolute atomic E-state index is 0.355. The van der Waals surface area contributed by atoms with Gasteiger partial charge in [-0.1, -0.05) is 47.5 Å². The third-order valence-corrected chi connectivity index (χ3v) is 3.64. The summed E-state index contributed by atoms with van der Waals surface area (Å²) in [7, 11) is 1.22. The first-order valence-electron chi connectivity index (χ1n) is 8.09. The molecular formula is C20H21NO5. The molecule has 0 radical (unpaired) electrons. The molecule has 2 rings (SSSR count). The van der Waals surface area contributed by atoms with Crippen LogP contribution < -0.4 is 5.32 Å². The predicted molar refractivity (Wildman–Crippen MR) is 95.5 cm³/mol. The quantitative estimate of drug-likeness (QED) is 0.805. The van der Waals surface area contributed by atoms with E-state index in [1.807, 2.05) is 19.9 Å². The summed E-state index contributed by atoms with van der Waals surface area (Å²) in [5.41, 5.74) is 2.86. The number of carbonyl (C=O) groups is 3. The van der Waals surface area contributed by atoms with Crippen molar-refractivity contribution in [3.8, 4) is 0 Å². The number of methoxy groups -OCH3 is 1. The molecule has 136 valence electrons. The summed E-state index contributed by atoms with van der Waals surface area (Å²) in [6, 6.07) is 14.0. The van der Waals surface area contributed by atoms with Gasteiger partial charge in [0.2, 0.25) is 6.10 Å². The summed E-state index contributed by atoms with van der Waals surface area (Å²) in [5.74, 6) is -1.81. The molecule has 0 spiro atoms. The molecule has 0 aliphatic carbocycles. The number of aryl methyl sites for hydroxylation is 2. The molecule has 26 heavy (non-hydrogen) atoms. The number of rotatable bonds is 6. The lowest BCUT2D eigenvalue weighted by molar-refractivity contribution is -0.166. The standard InChI is InChI=1S/C20H21NO5/c1-13-9-14(2)11-16(10-13)19(23)21-12-17(22)26-18(20(24)25-3)15-7-5-4-6-8-15/h4-11,18H,12H2,1-3H3,(H,21,23). The van der Waals surface area contributed by atoms with Crippen LogP contribution in [0.4, 0.5) is 0 Å². The highest BCUT2D eigenvalue weighted by atomic mass is 16.6. The molecule has 0 saturated heterocycles. The molecule has 1 amide bonds. The molecule has 1 unspecified atom stereocenters. The molecule has 0 aliphatic heterocycles. The maximum absolute atomic E-state index is 12.2. The van der Waals surface area contributed by atoms with Crippen LogP contribution in [-0.2, 0) is 19.1 Å². The molecule has 2 aromatic carbocycles. The van der Waals surface area contributed by atoms with Crippen molar-refractivity contribution >= 4 is 17.8 Å². The molecule has 1 N–H and O–H groups in total. The van der Waals surface area contributed by atoms with Crippen LogP contribution in [0.5, 0.6) is 0 Å². The summed E-state index contributed by atoms with van der Waals surface area (Å²) < 4.78 is 9.88.